The molecule has 6 heteroatoms. The van der Waals surface area contributed by atoms with Gasteiger partial charge in [0.25, 0.3) is 5.69 Å². The van der Waals surface area contributed by atoms with Gasteiger partial charge >= 0.3 is 5.97 Å². The van der Waals surface area contributed by atoms with Gasteiger partial charge < -0.3 is 10.4 Å². The maximum atomic E-state index is 11.7. The van der Waals surface area contributed by atoms with Crippen molar-refractivity contribution in [3.8, 4) is 0 Å². The second kappa shape index (κ2) is 8.43. The highest BCUT2D eigenvalue weighted by Crippen LogP contribution is 2.33. The summed E-state index contributed by atoms with van der Waals surface area (Å²) in [4.78, 5) is 22.6. The molecule has 138 valence electrons. The van der Waals surface area contributed by atoms with Crippen molar-refractivity contribution in [2.75, 3.05) is 6.54 Å². The highest BCUT2D eigenvalue weighted by atomic mass is 16.6. The van der Waals surface area contributed by atoms with Crippen LogP contribution in [-0.4, -0.2) is 28.6 Å². The van der Waals surface area contributed by atoms with Gasteiger partial charge in [-0.3, -0.25) is 14.9 Å². The molecule has 1 aliphatic carbocycles. The fourth-order valence-electron chi connectivity index (χ4n) is 3.90. The first-order chi connectivity index (χ1) is 11.9. The fourth-order valence-corrected chi connectivity index (χ4v) is 3.90. The summed E-state index contributed by atoms with van der Waals surface area (Å²) in [6, 6.07) is 7.12. The third-order valence-corrected chi connectivity index (χ3v) is 5.84. The molecule has 1 aliphatic rings. The van der Waals surface area contributed by atoms with Crippen LogP contribution in [0, 0.1) is 21.4 Å². The minimum absolute atomic E-state index is 0.176. The van der Waals surface area contributed by atoms with Gasteiger partial charge in [0.05, 0.1) is 10.3 Å². The van der Waals surface area contributed by atoms with Crippen LogP contribution in [0.3, 0.4) is 0 Å². The zero-order chi connectivity index (χ0) is 18.4. The van der Waals surface area contributed by atoms with Crippen LogP contribution in [0.15, 0.2) is 24.3 Å². The molecule has 1 saturated carbocycles. The molecule has 0 heterocycles. The second-order valence-electron chi connectivity index (χ2n) is 7.06. The number of carboxylic acid groups (broad SMARTS) is 1. The van der Waals surface area contributed by atoms with Gasteiger partial charge in [-0.1, -0.05) is 38.5 Å². The molecule has 0 saturated heterocycles. The molecule has 2 atom stereocenters. The van der Waals surface area contributed by atoms with Crippen molar-refractivity contribution in [3.63, 3.8) is 0 Å². The molecule has 0 amide bonds. The van der Waals surface area contributed by atoms with Crippen LogP contribution < -0.4 is 5.32 Å². The molecule has 0 radical (unpaired) electrons. The van der Waals surface area contributed by atoms with Crippen molar-refractivity contribution < 1.29 is 14.8 Å². The average Bonchev–Trinajstić information content (AvgIpc) is 3.03. The van der Waals surface area contributed by atoms with Crippen LogP contribution in [0.25, 0.3) is 0 Å². The second-order valence-corrected chi connectivity index (χ2v) is 7.06. The Morgan fingerprint density at radius 3 is 2.60 bits per heavy atom. The van der Waals surface area contributed by atoms with E-state index in [1.807, 2.05) is 26.0 Å². The lowest BCUT2D eigenvalue weighted by molar-refractivity contribution is -0.385. The van der Waals surface area contributed by atoms with Gasteiger partial charge in [0, 0.05) is 24.2 Å². The lowest BCUT2D eigenvalue weighted by Gasteiger charge is -2.30. The molecule has 0 aliphatic heterocycles. The maximum Gasteiger partial charge on any atom is 0.310 e. The summed E-state index contributed by atoms with van der Waals surface area (Å²) in [5, 5.41) is 24.3. The molecular weight excluding hydrogens is 320 g/mol. The number of para-hydroxylation sites is 1. The van der Waals surface area contributed by atoms with Gasteiger partial charge in [-0.25, -0.2) is 0 Å². The molecule has 25 heavy (non-hydrogen) atoms. The summed E-state index contributed by atoms with van der Waals surface area (Å²) in [5.74, 6) is -0.445. The van der Waals surface area contributed by atoms with Crippen molar-refractivity contribution in [2.45, 2.75) is 58.4 Å². The Labute approximate surface area is 148 Å². The van der Waals surface area contributed by atoms with E-state index in [1.165, 1.54) is 0 Å². The van der Waals surface area contributed by atoms with E-state index in [2.05, 4.69) is 5.32 Å². The van der Waals surface area contributed by atoms with Gasteiger partial charge in [0.2, 0.25) is 0 Å². The van der Waals surface area contributed by atoms with Gasteiger partial charge in [0.15, 0.2) is 0 Å². The van der Waals surface area contributed by atoms with Crippen LogP contribution in [0.5, 0.6) is 0 Å². The number of carboxylic acids is 1. The van der Waals surface area contributed by atoms with Gasteiger partial charge in [-0.2, -0.15) is 0 Å². The Hall–Kier alpha value is -1.95. The van der Waals surface area contributed by atoms with E-state index < -0.39 is 11.4 Å². The molecule has 1 aromatic carbocycles. The van der Waals surface area contributed by atoms with Crippen molar-refractivity contribution in [1.29, 1.82) is 0 Å². The fraction of sp³-hybridized carbons (Fsp3) is 0.632. The zero-order valence-corrected chi connectivity index (χ0v) is 15.0. The van der Waals surface area contributed by atoms with Crippen LogP contribution in [-0.2, 0) is 11.2 Å². The zero-order valence-electron chi connectivity index (χ0n) is 15.0. The predicted octanol–water partition coefficient (Wildman–Crippen LogP) is 3.79. The number of hydrogen-bond acceptors (Lipinski definition) is 4. The van der Waals surface area contributed by atoms with Crippen molar-refractivity contribution in [3.05, 3.63) is 39.9 Å². The van der Waals surface area contributed by atoms with Crippen molar-refractivity contribution in [1.82, 2.24) is 5.32 Å². The number of nitrogens with zero attached hydrogens (tertiary/aromatic N) is 1. The summed E-state index contributed by atoms with van der Waals surface area (Å²) in [6.45, 7) is 4.28. The largest absolute Gasteiger partial charge is 0.481 e. The van der Waals surface area contributed by atoms with Gasteiger partial charge in [-0.15, -0.1) is 0 Å². The summed E-state index contributed by atoms with van der Waals surface area (Å²) >= 11 is 0. The normalized spacial score (nSPS) is 20.6. The predicted molar refractivity (Wildman–Crippen MR) is 96.6 cm³/mol. The number of aliphatic carboxylic acids is 1. The van der Waals surface area contributed by atoms with Crippen molar-refractivity contribution >= 4 is 11.7 Å². The minimum Gasteiger partial charge on any atom is -0.481 e. The van der Waals surface area contributed by atoms with Crippen LogP contribution in [0.4, 0.5) is 5.69 Å². The smallest absolute Gasteiger partial charge is 0.310 e. The average molecular weight is 348 g/mol. The summed E-state index contributed by atoms with van der Waals surface area (Å²) < 4.78 is 0. The molecule has 1 aromatic rings. The Kier molecular flexibility index (Phi) is 6.53. The number of benzene rings is 1. The Bertz CT molecular complexity index is 613. The van der Waals surface area contributed by atoms with E-state index in [1.54, 1.807) is 12.1 Å². The van der Waals surface area contributed by atoms with E-state index >= 15 is 0 Å². The topological polar surface area (TPSA) is 92.5 Å². The number of rotatable bonds is 9. The molecule has 0 spiro atoms. The number of nitrogens with one attached hydrogen (secondary N) is 1. The number of nitro benzene ring substituents is 1. The first-order valence-electron chi connectivity index (χ1n) is 9.12. The minimum atomic E-state index is -0.752. The first kappa shape index (κ1) is 19.4. The number of carbonyl (C=O) groups is 1. The third-order valence-electron chi connectivity index (χ3n) is 5.84. The van der Waals surface area contributed by atoms with E-state index in [4.69, 9.17) is 0 Å². The summed E-state index contributed by atoms with van der Waals surface area (Å²) in [6.07, 6.45) is 4.92. The van der Waals surface area contributed by atoms with E-state index in [0.29, 0.717) is 31.7 Å². The summed E-state index contributed by atoms with van der Waals surface area (Å²) in [7, 11) is 0. The van der Waals surface area contributed by atoms with Crippen LogP contribution >= 0.6 is 0 Å². The lowest BCUT2D eigenvalue weighted by Crippen LogP contribution is -2.45. The molecule has 2 unspecified atom stereocenters. The molecular formula is C19H28N2O4. The highest BCUT2D eigenvalue weighted by molar-refractivity contribution is 5.74. The third kappa shape index (κ3) is 4.37. The number of nitro groups is 1. The molecule has 2 rings (SSSR count). The molecule has 2 N–H and O–H groups in total. The number of hydrogen-bond donors (Lipinski definition) is 2. The van der Waals surface area contributed by atoms with Gasteiger partial charge in [0.1, 0.15) is 0 Å². The monoisotopic (exact) mass is 348 g/mol. The van der Waals surface area contributed by atoms with E-state index in [-0.39, 0.29) is 16.7 Å². The first-order valence-corrected chi connectivity index (χ1v) is 9.12. The summed E-state index contributed by atoms with van der Waals surface area (Å²) in [5.41, 5.74) is 0.211. The van der Waals surface area contributed by atoms with Crippen LogP contribution in [0.2, 0.25) is 0 Å². The molecule has 6 nitrogen and oxygen atoms in total. The maximum absolute atomic E-state index is 11.7. The van der Waals surface area contributed by atoms with E-state index in [9.17, 15) is 20.0 Å². The Balaban J connectivity index is 2.06. The molecule has 0 aromatic heterocycles. The van der Waals surface area contributed by atoms with Gasteiger partial charge in [-0.05, 0) is 38.0 Å². The molecule has 0 bridgehead atoms. The highest BCUT2D eigenvalue weighted by Gasteiger charge is 2.37. The lowest BCUT2D eigenvalue weighted by atomic mass is 9.81. The Morgan fingerprint density at radius 2 is 2.00 bits per heavy atom. The van der Waals surface area contributed by atoms with Crippen molar-refractivity contribution in [2.24, 2.45) is 11.3 Å². The Morgan fingerprint density at radius 1 is 1.32 bits per heavy atom. The molecule has 1 fully saturated rings. The quantitative estimate of drug-likeness (QED) is 0.523. The SMILES string of the molecule is CCC(CC)(CNC1CCCC1Cc1ccccc1[N+](=O)[O-])C(=O)O. The van der Waals surface area contributed by atoms with E-state index in [0.717, 1.165) is 24.8 Å². The van der Waals surface area contributed by atoms with Crippen LogP contribution in [0.1, 0.15) is 51.5 Å². The standard InChI is InChI=1S/C19H28N2O4/c1-3-19(4-2,18(22)23)13-20-16-10-7-9-14(16)12-15-8-5-6-11-17(15)21(24)25/h5-6,8,11,14,16,20H,3-4,7,9-10,12-13H2,1-2H3,(H,22,23).